The van der Waals surface area contributed by atoms with Crippen LogP contribution in [0.1, 0.15) is 32.3 Å². The fourth-order valence-electron chi connectivity index (χ4n) is 1.95. The third-order valence-electron chi connectivity index (χ3n) is 3.06. The van der Waals surface area contributed by atoms with Gasteiger partial charge in [-0.05, 0) is 42.7 Å². The molecule has 2 aromatic rings. The molecule has 0 bridgehead atoms. The van der Waals surface area contributed by atoms with E-state index >= 15 is 0 Å². The van der Waals surface area contributed by atoms with Gasteiger partial charge in [0.25, 0.3) is 5.97 Å². The molecule has 3 N–H and O–H groups in total. The van der Waals surface area contributed by atoms with Crippen molar-refractivity contribution in [2.75, 3.05) is 10.6 Å². The van der Waals surface area contributed by atoms with Gasteiger partial charge in [-0.2, -0.15) is 0 Å². The zero-order valence-electron chi connectivity index (χ0n) is 14.1. The van der Waals surface area contributed by atoms with Crippen molar-refractivity contribution in [2.24, 2.45) is 0 Å². The Morgan fingerprint density at radius 2 is 1.42 bits per heavy atom. The molecule has 0 atom stereocenters. The van der Waals surface area contributed by atoms with E-state index in [1.165, 1.54) is 18.4 Å². The molecule has 0 radical (unpaired) electrons. The number of benzene rings is 2. The Morgan fingerprint density at radius 1 is 0.917 bits per heavy atom. The number of hydrogen-bond donors (Lipinski definition) is 3. The number of amides is 2. The molecule has 0 saturated heterocycles. The molecule has 0 aliphatic rings. The molecule has 5 nitrogen and oxygen atoms in total. The maximum atomic E-state index is 11.8. The van der Waals surface area contributed by atoms with E-state index in [0.717, 1.165) is 24.7 Å². The van der Waals surface area contributed by atoms with Gasteiger partial charge in [-0.3, -0.25) is 4.79 Å². The lowest BCUT2D eigenvalue weighted by molar-refractivity contribution is -0.134. The third kappa shape index (κ3) is 8.58. The zero-order chi connectivity index (χ0) is 17.8. The van der Waals surface area contributed by atoms with E-state index in [4.69, 9.17) is 9.90 Å². The molecule has 2 amide bonds. The Morgan fingerprint density at radius 3 is 1.92 bits per heavy atom. The van der Waals surface area contributed by atoms with E-state index in [1.807, 2.05) is 42.5 Å². The SMILES string of the molecule is CC(=O)O.CCCCc1ccc(NC(=O)Nc2ccccc2)cc1. The average Bonchev–Trinajstić information content (AvgIpc) is 2.54. The second kappa shape index (κ2) is 10.8. The minimum absolute atomic E-state index is 0.225. The molecule has 0 saturated carbocycles. The summed E-state index contributed by atoms with van der Waals surface area (Å²) < 4.78 is 0. The molecule has 0 aromatic heterocycles. The van der Waals surface area contributed by atoms with Crippen LogP contribution in [0.15, 0.2) is 54.6 Å². The number of para-hydroxylation sites is 1. The lowest BCUT2D eigenvalue weighted by Gasteiger charge is -2.08. The maximum absolute atomic E-state index is 11.8. The predicted octanol–water partition coefficient (Wildman–Crippen LogP) is 4.76. The van der Waals surface area contributed by atoms with Crippen LogP contribution in [0.5, 0.6) is 0 Å². The highest BCUT2D eigenvalue weighted by Gasteiger charge is 2.02. The molecule has 128 valence electrons. The van der Waals surface area contributed by atoms with Gasteiger partial charge in [0.2, 0.25) is 0 Å². The molecule has 0 spiro atoms. The summed E-state index contributed by atoms with van der Waals surface area (Å²) in [6, 6.07) is 17.2. The van der Waals surface area contributed by atoms with E-state index < -0.39 is 5.97 Å². The Bertz CT molecular complexity index is 621. The van der Waals surface area contributed by atoms with Gasteiger partial charge in [0.15, 0.2) is 0 Å². The Hall–Kier alpha value is -2.82. The number of carbonyl (C=O) groups is 2. The van der Waals surface area contributed by atoms with Gasteiger partial charge in [-0.25, -0.2) is 4.79 Å². The quantitative estimate of drug-likeness (QED) is 0.740. The smallest absolute Gasteiger partial charge is 0.323 e. The van der Waals surface area contributed by atoms with Crippen LogP contribution in [0.4, 0.5) is 16.2 Å². The van der Waals surface area contributed by atoms with Gasteiger partial charge in [-0.1, -0.05) is 43.7 Å². The fourth-order valence-corrected chi connectivity index (χ4v) is 1.95. The molecule has 5 heteroatoms. The van der Waals surface area contributed by atoms with Crippen LogP contribution in [0.2, 0.25) is 0 Å². The van der Waals surface area contributed by atoms with E-state index in [2.05, 4.69) is 29.7 Å². The van der Waals surface area contributed by atoms with Crippen LogP contribution in [-0.4, -0.2) is 17.1 Å². The van der Waals surface area contributed by atoms with Gasteiger partial charge < -0.3 is 15.7 Å². The first kappa shape index (κ1) is 19.2. The van der Waals surface area contributed by atoms with Crippen LogP contribution < -0.4 is 10.6 Å². The lowest BCUT2D eigenvalue weighted by atomic mass is 10.1. The summed E-state index contributed by atoms with van der Waals surface area (Å²) in [6.45, 7) is 3.27. The van der Waals surface area contributed by atoms with Crippen LogP contribution >= 0.6 is 0 Å². The van der Waals surface area contributed by atoms with E-state index in [-0.39, 0.29) is 6.03 Å². The van der Waals surface area contributed by atoms with Crippen molar-refractivity contribution in [2.45, 2.75) is 33.1 Å². The summed E-state index contributed by atoms with van der Waals surface area (Å²) in [5, 5.41) is 13.0. The van der Waals surface area contributed by atoms with Crippen molar-refractivity contribution in [3.63, 3.8) is 0 Å². The molecule has 2 rings (SSSR count). The van der Waals surface area contributed by atoms with Crippen molar-refractivity contribution in [3.8, 4) is 0 Å². The summed E-state index contributed by atoms with van der Waals surface area (Å²) in [6.07, 6.45) is 3.48. The number of anilines is 2. The average molecular weight is 328 g/mol. The first-order valence-electron chi connectivity index (χ1n) is 7.92. The summed E-state index contributed by atoms with van der Waals surface area (Å²) in [5.41, 5.74) is 2.89. The van der Waals surface area contributed by atoms with Gasteiger partial charge in [0.05, 0.1) is 0 Å². The van der Waals surface area contributed by atoms with Gasteiger partial charge >= 0.3 is 6.03 Å². The Balaban J connectivity index is 0.000000648. The number of carboxylic acid groups (broad SMARTS) is 1. The zero-order valence-corrected chi connectivity index (χ0v) is 14.1. The van der Waals surface area contributed by atoms with E-state index in [9.17, 15) is 4.79 Å². The van der Waals surface area contributed by atoms with Crippen LogP contribution in [-0.2, 0) is 11.2 Å². The maximum Gasteiger partial charge on any atom is 0.323 e. The summed E-state index contributed by atoms with van der Waals surface area (Å²) >= 11 is 0. The highest BCUT2D eigenvalue weighted by molar-refractivity contribution is 5.99. The number of urea groups is 1. The van der Waals surface area contributed by atoms with E-state index in [0.29, 0.717) is 0 Å². The van der Waals surface area contributed by atoms with Crippen molar-refractivity contribution in [1.29, 1.82) is 0 Å². The number of rotatable bonds is 5. The minimum atomic E-state index is -0.833. The number of unbranched alkanes of at least 4 members (excludes halogenated alkanes) is 1. The first-order valence-corrected chi connectivity index (χ1v) is 7.92. The number of nitrogens with one attached hydrogen (secondary N) is 2. The second-order valence-electron chi connectivity index (χ2n) is 5.26. The predicted molar refractivity (Wildman–Crippen MR) is 97.4 cm³/mol. The molecule has 0 unspecified atom stereocenters. The number of hydrogen-bond acceptors (Lipinski definition) is 2. The molecule has 0 aliphatic carbocycles. The minimum Gasteiger partial charge on any atom is -0.481 e. The topological polar surface area (TPSA) is 78.4 Å². The second-order valence-corrected chi connectivity index (χ2v) is 5.26. The van der Waals surface area contributed by atoms with E-state index in [1.54, 1.807) is 0 Å². The molecule has 2 aromatic carbocycles. The fraction of sp³-hybridized carbons (Fsp3) is 0.263. The third-order valence-corrected chi connectivity index (χ3v) is 3.06. The van der Waals surface area contributed by atoms with Crippen LogP contribution in [0.3, 0.4) is 0 Å². The standard InChI is InChI=1S/C17H20N2O.C2H4O2/c1-2-3-7-14-10-12-16(13-11-14)19-17(20)18-15-8-5-4-6-9-15;1-2(3)4/h4-6,8-13H,2-3,7H2,1H3,(H2,18,19,20);1H3,(H,3,4). The molecule has 0 aliphatic heterocycles. The molecular formula is C19H24N2O3. The Kier molecular flexibility index (Phi) is 8.68. The molecule has 0 fully saturated rings. The summed E-state index contributed by atoms with van der Waals surface area (Å²) in [7, 11) is 0. The van der Waals surface area contributed by atoms with Gasteiger partial charge in [0, 0.05) is 18.3 Å². The largest absolute Gasteiger partial charge is 0.481 e. The van der Waals surface area contributed by atoms with Crippen molar-refractivity contribution in [3.05, 3.63) is 60.2 Å². The molecule has 24 heavy (non-hydrogen) atoms. The number of carbonyl (C=O) groups excluding carboxylic acids is 1. The van der Waals surface area contributed by atoms with Crippen molar-refractivity contribution >= 4 is 23.4 Å². The highest BCUT2D eigenvalue weighted by Crippen LogP contribution is 2.12. The van der Waals surface area contributed by atoms with Gasteiger partial charge in [-0.15, -0.1) is 0 Å². The van der Waals surface area contributed by atoms with Crippen LogP contribution in [0, 0.1) is 0 Å². The Labute approximate surface area is 142 Å². The number of aliphatic carboxylic acids is 1. The highest BCUT2D eigenvalue weighted by atomic mass is 16.4. The summed E-state index contributed by atoms with van der Waals surface area (Å²) in [4.78, 5) is 20.8. The monoisotopic (exact) mass is 328 g/mol. The van der Waals surface area contributed by atoms with Crippen molar-refractivity contribution < 1.29 is 14.7 Å². The van der Waals surface area contributed by atoms with Crippen molar-refractivity contribution in [1.82, 2.24) is 0 Å². The lowest BCUT2D eigenvalue weighted by Crippen LogP contribution is -2.19. The van der Waals surface area contributed by atoms with Gasteiger partial charge in [0.1, 0.15) is 0 Å². The molecular weight excluding hydrogens is 304 g/mol. The number of aryl methyl sites for hydroxylation is 1. The first-order chi connectivity index (χ1) is 11.5. The summed E-state index contributed by atoms with van der Waals surface area (Å²) in [5.74, 6) is -0.833. The van der Waals surface area contributed by atoms with Crippen LogP contribution in [0.25, 0.3) is 0 Å². The molecule has 0 heterocycles. The number of carboxylic acids is 1. The normalized spacial score (nSPS) is 9.42.